The van der Waals surface area contributed by atoms with Gasteiger partial charge >= 0.3 is 17.9 Å². The number of methoxy groups -OCH3 is 2. The first-order chi connectivity index (χ1) is 14.3. The minimum absolute atomic E-state index is 0.0292. The fourth-order valence-electron chi connectivity index (χ4n) is 2.67. The normalized spacial score (nSPS) is 10.3. The molecule has 1 aromatic heterocycles. The monoisotopic (exact) mass is 418 g/mol. The maximum Gasteiger partial charge on any atom is 0.339 e. The summed E-state index contributed by atoms with van der Waals surface area (Å²) in [5.41, 5.74) is 1.69. The van der Waals surface area contributed by atoms with Gasteiger partial charge in [0.15, 0.2) is 6.61 Å². The zero-order valence-electron chi connectivity index (χ0n) is 17.1. The number of ether oxygens (including phenoxy) is 3. The Morgan fingerprint density at radius 2 is 1.77 bits per heavy atom. The van der Waals surface area contributed by atoms with Gasteiger partial charge in [0.05, 0.1) is 36.7 Å². The van der Waals surface area contributed by atoms with Gasteiger partial charge in [0.2, 0.25) is 0 Å². The number of nitrogens with one attached hydrogen (secondary N) is 1. The minimum atomic E-state index is -0.710. The summed E-state index contributed by atoms with van der Waals surface area (Å²) in [5, 5.41) is 6.25. The van der Waals surface area contributed by atoms with Crippen LogP contribution in [0.25, 0.3) is 0 Å². The molecule has 1 heterocycles. The van der Waals surface area contributed by atoms with Crippen LogP contribution in [0.4, 0.5) is 5.69 Å². The van der Waals surface area contributed by atoms with Crippen LogP contribution in [0.2, 0.25) is 0 Å². The van der Waals surface area contributed by atoms with E-state index in [1.54, 1.807) is 13.8 Å². The third-order valence-electron chi connectivity index (χ3n) is 4.24. The number of aromatic nitrogens is 1. The molecule has 0 bridgehead atoms. The second kappa shape index (κ2) is 10.2. The van der Waals surface area contributed by atoms with Crippen molar-refractivity contribution in [3.63, 3.8) is 0 Å². The smallest absolute Gasteiger partial charge is 0.339 e. The molecule has 0 saturated carbocycles. The van der Waals surface area contributed by atoms with Crippen molar-refractivity contribution < 1.29 is 37.9 Å². The van der Waals surface area contributed by atoms with Gasteiger partial charge in [-0.2, -0.15) is 0 Å². The van der Waals surface area contributed by atoms with Crippen molar-refractivity contribution in [2.45, 2.75) is 26.7 Å². The van der Waals surface area contributed by atoms with E-state index < -0.39 is 30.4 Å². The number of benzene rings is 1. The van der Waals surface area contributed by atoms with Crippen LogP contribution in [0.5, 0.6) is 0 Å². The highest BCUT2D eigenvalue weighted by atomic mass is 16.5. The molecule has 1 amide bonds. The number of carbonyl (C=O) groups excluding carboxylic acids is 4. The topological polar surface area (TPSA) is 134 Å². The average Bonchev–Trinajstić information content (AvgIpc) is 3.06. The Labute approximate surface area is 172 Å². The quantitative estimate of drug-likeness (QED) is 0.504. The van der Waals surface area contributed by atoms with E-state index in [2.05, 4.69) is 19.9 Å². The third kappa shape index (κ3) is 5.66. The molecule has 10 heteroatoms. The molecule has 0 aliphatic carbocycles. The van der Waals surface area contributed by atoms with Crippen LogP contribution in [0.1, 0.15) is 44.2 Å². The summed E-state index contributed by atoms with van der Waals surface area (Å²) in [4.78, 5) is 47.7. The predicted octanol–water partition coefficient (Wildman–Crippen LogP) is 1.98. The van der Waals surface area contributed by atoms with E-state index in [-0.39, 0.29) is 23.2 Å². The van der Waals surface area contributed by atoms with Gasteiger partial charge in [-0.3, -0.25) is 9.59 Å². The number of anilines is 1. The third-order valence-corrected chi connectivity index (χ3v) is 4.24. The summed E-state index contributed by atoms with van der Waals surface area (Å²) in [5.74, 6) is -2.00. The zero-order valence-corrected chi connectivity index (χ0v) is 17.1. The molecule has 0 radical (unpaired) electrons. The van der Waals surface area contributed by atoms with Crippen LogP contribution in [-0.4, -0.2) is 49.8 Å². The van der Waals surface area contributed by atoms with Gasteiger partial charge in [-0.15, -0.1) is 0 Å². The van der Waals surface area contributed by atoms with Crippen LogP contribution >= 0.6 is 0 Å². The number of nitrogens with zero attached hydrogens (tertiary/aromatic N) is 1. The van der Waals surface area contributed by atoms with Crippen molar-refractivity contribution in [3.05, 3.63) is 46.3 Å². The molecular weight excluding hydrogens is 396 g/mol. The number of esters is 3. The molecule has 0 saturated heterocycles. The minimum Gasteiger partial charge on any atom is -0.465 e. The summed E-state index contributed by atoms with van der Waals surface area (Å²) in [6, 6.07) is 3.96. The van der Waals surface area contributed by atoms with Crippen molar-refractivity contribution in [1.29, 1.82) is 0 Å². The van der Waals surface area contributed by atoms with Gasteiger partial charge in [-0.05, 0) is 38.5 Å². The predicted molar refractivity (Wildman–Crippen MR) is 103 cm³/mol. The molecule has 1 aromatic carbocycles. The lowest BCUT2D eigenvalue weighted by atomic mass is 10.1. The molecule has 0 spiro atoms. The molecular formula is C20H22N2O8. The number of rotatable bonds is 8. The van der Waals surface area contributed by atoms with Gasteiger partial charge < -0.3 is 24.1 Å². The molecule has 0 unspecified atom stereocenters. The molecule has 0 atom stereocenters. The van der Waals surface area contributed by atoms with Crippen LogP contribution in [0, 0.1) is 13.8 Å². The second-order valence-corrected chi connectivity index (χ2v) is 6.26. The van der Waals surface area contributed by atoms with Gasteiger partial charge in [0.1, 0.15) is 5.76 Å². The fraction of sp³-hybridized carbons (Fsp3) is 0.350. The van der Waals surface area contributed by atoms with E-state index in [0.29, 0.717) is 17.9 Å². The summed E-state index contributed by atoms with van der Waals surface area (Å²) in [6.07, 6.45) is 0.413. The molecule has 2 aromatic rings. The molecule has 0 aliphatic heterocycles. The first-order valence-corrected chi connectivity index (χ1v) is 8.94. The molecule has 10 nitrogen and oxygen atoms in total. The highest BCUT2D eigenvalue weighted by Gasteiger charge is 2.18. The first kappa shape index (κ1) is 22.6. The van der Waals surface area contributed by atoms with Gasteiger partial charge in [0.25, 0.3) is 5.91 Å². The van der Waals surface area contributed by atoms with Crippen molar-refractivity contribution in [2.75, 3.05) is 26.1 Å². The summed E-state index contributed by atoms with van der Waals surface area (Å²) in [6.45, 7) is 2.95. The number of aryl methyl sites for hydroxylation is 2. The number of amides is 1. The highest BCUT2D eigenvalue weighted by molar-refractivity contribution is 6.04. The SMILES string of the molecule is COC(=O)c1ccc(C(=O)OC)c(NC(=O)COC(=O)CCc2c(C)noc2C)c1. The Morgan fingerprint density at radius 1 is 1.07 bits per heavy atom. The lowest BCUT2D eigenvalue weighted by molar-refractivity contribution is -0.147. The molecule has 2 rings (SSSR count). The Balaban J connectivity index is 1.98. The second-order valence-electron chi connectivity index (χ2n) is 6.26. The van der Waals surface area contributed by atoms with E-state index >= 15 is 0 Å². The van der Waals surface area contributed by atoms with Gasteiger partial charge in [-0.25, -0.2) is 9.59 Å². The summed E-state index contributed by atoms with van der Waals surface area (Å²) in [7, 11) is 2.39. The van der Waals surface area contributed by atoms with E-state index in [1.807, 2.05) is 0 Å². The largest absolute Gasteiger partial charge is 0.465 e. The number of carbonyl (C=O) groups is 4. The standard InChI is InChI=1S/C20H22N2O8/c1-11-14(12(2)30-22-11)7-8-18(24)29-10-17(23)21-16-9-13(19(25)27-3)5-6-15(16)20(26)28-4/h5-6,9H,7-8,10H2,1-4H3,(H,21,23). The van der Waals surface area contributed by atoms with Crippen molar-refractivity contribution in [1.82, 2.24) is 5.16 Å². The summed E-state index contributed by atoms with van der Waals surface area (Å²) < 4.78 is 19.3. The fourth-order valence-corrected chi connectivity index (χ4v) is 2.67. The van der Waals surface area contributed by atoms with E-state index in [0.717, 1.165) is 5.56 Å². The lowest BCUT2D eigenvalue weighted by Gasteiger charge is -2.11. The Bertz CT molecular complexity index is 944. The Morgan fingerprint density at radius 3 is 2.37 bits per heavy atom. The zero-order chi connectivity index (χ0) is 22.3. The lowest BCUT2D eigenvalue weighted by Crippen LogP contribution is -2.22. The Kier molecular flexibility index (Phi) is 7.68. The van der Waals surface area contributed by atoms with E-state index in [1.165, 1.54) is 32.4 Å². The average molecular weight is 418 g/mol. The van der Waals surface area contributed by atoms with Crippen molar-refractivity contribution in [2.24, 2.45) is 0 Å². The van der Waals surface area contributed by atoms with Crippen LogP contribution in [-0.2, 0) is 30.2 Å². The Hall–Kier alpha value is -3.69. The number of hydrogen-bond acceptors (Lipinski definition) is 9. The van der Waals surface area contributed by atoms with Crippen molar-refractivity contribution in [3.8, 4) is 0 Å². The van der Waals surface area contributed by atoms with Crippen LogP contribution < -0.4 is 5.32 Å². The van der Waals surface area contributed by atoms with Gasteiger partial charge in [0, 0.05) is 12.0 Å². The highest BCUT2D eigenvalue weighted by Crippen LogP contribution is 2.20. The molecule has 30 heavy (non-hydrogen) atoms. The van der Waals surface area contributed by atoms with E-state index in [9.17, 15) is 19.2 Å². The van der Waals surface area contributed by atoms with Crippen LogP contribution in [0.15, 0.2) is 22.7 Å². The summed E-state index contributed by atoms with van der Waals surface area (Å²) >= 11 is 0. The molecule has 1 N–H and O–H groups in total. The van der Waals surface area contributed by atoms with Crippen molar-refractivity contribution >= 4 is 29.5 Å². The molecule has 0 fully saturated rings. The maximum atomic E-state index is 12.2. The maximum absolute atomic E-state index is 12.2. The molecule has 160 valence electrons. The molecule has 0 aliphatic rings. The van der Waals surface area contributed by atoms with E-state index in [4.69, 9.17) is 9.26 Å². The van der Waals surface area contributed by atoms with Gasteiger partial charge in [-0.1, -0.05) is 5.16 Å². The first-order valence-electron chi connectivity index (χ1n) is 8.94. The van der Waals surface area contributed by atoms with Crippen LogP contribution in [0.3, 0.4) is 0 Å². The number of hydrogen-bond donors (Lipinski definition) is 1.